The molecule has 0 amide bonds. The monoisotopic (exact) mass is 242 g/mol. The van der Waals surface area contributed by atoms with Crippen LogP contribution in [0.1, 0.15) is 24.5 Å². The number of rotatable bonds is 0. The Bertz CT molecular complexity index is 312. The molecule has 70 valence electrons. The zero-order valence-electron chi connectivity index (χ0n) is 7.16. The second-order valence-corrected chi connectivity index (χ2v) is 4.10. The van der Waals surface area contributed by atoms with Gasteiger partial charge in [0.05, 0.1) is 12.7 Å². The quantitative estimate of drug-likeness (QED) is 0.759. The number of aliphatic hydroxyl groups is 1. The molecule has 1 heterocycles. The smallest absolute Gasteiger partial charge is 0.125 e. The van der Waals surface area contributed by atoms with Gasteiger partial charge in [-0.15, -0.1) is 0 Å². The van der Waals surface area contributed by atoms with Crippen LogP contribution in [-0.2, 0) is 0 Å². The zero-order chi connectivity index (χ0) is 9.26. The first-order chi connectivity index (χ1) is 6.27. The third-order valence-corrected chi connectivity index (χ3v) is 2.70. The third kappa shape index (κ3) is 1.86. The van der Waals surface area contributed by atoms with Gasteiger partial charge < -0.3 is 9.84 Å². The van der Waals surface area contributed by atoms with Crippen LogP contribution in [0.25, 0.3) is 0 Å². The highest BCUT2D eigenvalue weighted by Crippen LogP contribution is 2.33. The Kier molecular flexibility index (Phi) is 2.56. The van der Waals surface area contributed by atoms with Gasteiger partial charge in [-0.05, 0) is 31.0 Å². The summed E-state index contributed by atoms with van der Waals surface area (Å²) >= 11 is 3.38. The summed E-state index contributed by atoms with van der Waals surface area (Å²) < 4.78 is 6.48. The van der Waals surface area contributed by atoms with Crippen LogP contribution in [0.2, 0.25) is 0 Å². The van der Waals surface area contributed by atoms with Gasteiger partial charge in [-0.3, -0.25) is 0 Å². The van der Waals surface area contributed by atoms with Crippen molar-refractivity contribution in [3.63, 3.8) is 0 Å². The third-order valence-electron chi connectivity index (χ3n) is 2.21. The fraction of sp³-hybridized carbons (Fsp3) is 0.400. The molecule has 0 aromatic heterocycles. The van der Waals surface area contributed by atoms with Gasteiger partial charge in [0.15, 0.2) is 0 Å². The van der Waals surface area contributed by atoms with E-state index in [1.807, 2.05) is 18.2 Å². The number of fused-ring (bicyclic) bond motifs is 1. The first-order valence-corrected chi connectivity index (χ1v) is 5.17. The lowest BCUT2D eigenvalue weighted by atomic mass is 10.1. The van der Waals surface area contributed by atoms with E-state index in [9.17, 15) is 5.11 Å². The van der Waals surface area contributed by atoms with Gasteiger partial charge in [-0.25, -0.2) is 0 Å². The molecule has 0 saturated carbocycles. The minimum Gasteiger partial charge on any atom is -0.493 e. The Morgan fingerprint density at radius 2 is 2.31 bits per heavy atom. The molecule has 1 atom stereocenters. The SMILES string of the molecule is O[C@@H]1CCCOc2ccc(Br)cc21. The number of hydrogen-bond acceptors (Lipinski definition) is 2. The molecule has 2 nitrogen and oxygen atoms in total. The normalized spacial score (nSPS) is 21.5. The van der Waals surface area contributed by atoms with E-state index in [0.29, 0.717) is 6.61 Å². The molecule has 0 fully saturated rings. The van der Waals surface area contributed by atoms with E-state index in [-0.39, 0.29) is 6.10 Å². The highest BCUT2D eigenvalue weighted by molar-refractivity contribution is 9.10. The second kappa shape index (κ2) is 3.68. The van der Waals surface area contributed by atoms with E-state index < -0.39 is 0 Å². The number of benzene rings is 1. The predicted octanol–water partition coefficient (Wildman–Crippen LogP) is 2.66. The van der Waals surface area contributed by atoms with Crippen molar-refractivity contribution in [3.05, 3.63) is 28.2 Å². The van der Waals surface area contributed by atoms with Crippen LogP contribution in [0, 0.1) is 0 Å². The molecule has 1 aliphatic rings. The lowest BCUT2D eigenvalue weighted by molar-refractivity contribution is 0.167. The topological polar surface area (TPSA) is 29.5 Å². The molecule has 0 spiro atoms. The van der Waals surface area contributed by atoms with Gasteiger partial charge in [0.1, 0.15) is 5.75 Å². The number of aliphatic hydroxyl groups excluding tert-OH is 1. The summed E-state index contributed by atoms with van der Waals surface area (Å²) in [5.74, 6) is 0.813. The molecule has 1 N–H and O–H groups in total. The minimum absolute atomic E-state index is 0.380. The summed E-state index contributed by atoms with van der Waals surface area (Å²) in [5.41, 5.74) is 0.895. The highest BCUT2D eigenvalue weighted by Gasteiger charge is 2.17. The van der Waals surface area contributed by atoms with Gasteiger partial charge in [-0.1, -0.05) is 15.9 Å². The Morgan fingerprint density at radius 1 is 1.46 bits per heavy atom. The molecule has 0 unspecified atom stereocenters. The molecule has 2 rings (SSSR count). The van der Waals surface area contributed by atoms with Crippen LogP contribution in [0.5, 0.6) is 5.75 Å². The van der Waals surface area contributed by atoms with Crippen molar-refractivity contribution in [2.45, 2.75) is 18.9 Å². The maximum Gasteiger partial charge on any atom is 0.125 e. The molecule has 0 aliphatic carbocycles. The van der Waals surface area contributed by atoms with E-state index in [4.69, 9.17) is 4.74 Å². The molecule has 13 heavy (non-hydrogen) atoms. The average Bonchev–Trinajstić information content (AvgIpc) is 2.29. The Balaban J connectivity index is 2.43. The molecular weight excluding hydrogens is 232 g/mol. The molecule has 0 bridgehead atoms. The molecule has 0 radical (unpaired) electrons. The molecule has 3 heteroatoms. The van der Waals surface area contributed by atoms with Crippen LogP contribution in [0.4, 0.5) is 0 Å². The first kappa shape index (κ1) is 9.03. The van der Waals surface area contributed by atoms with E-state index in [1.54, 1.807) is 0 Å². The van der Waals surface area contributed by atoms with Gasteiger partial charge in [0.25, 0.3) is 0 Å². The lowest BCUT2D eigenvalue weighted by Gasteiger charge is -2.10. The number of hydrogen-bond donors (Lipinski definition) is 1. The number of ether oxygens (including phenoxy) is 1. The Morgan fingerprint density at radius 3 is 3.15 bits per heavy atom. The summed E-state index contributed by atoms with van der Waals surface area (Å²) in [6.07, 6.45) is 1.31. The molecule has 1 aromatic rings. The van der Waals surface area contributed by atoms with E-state index >= 15 is 0 Å². The Labute approximate surface area is 85.7 Å². The average molecular weight is 243 g/mol. The van der Waals surface area contributed by atoms with Crippen molar-refractivity contribution < 1.29 is 9.84 Å². The summed E-state index contributed by atoms with van der Waals surface area (Å²) in [5, 5.41) is 9.76. The van der Waals surface area contributed by atoms with E-state index in [0.717, 1.165) is 28.6 Å². The van der Waals surface area contributed by atoms with Crippen LogP contribution in [0.15, 0.2) is 22.7 Å². The number of halogens is 1. The molecule has 0 saturated heterocycles. The second-order valence-electron chi connectivity index (χ2n) is 3.19. The van der Waals surface area contributed by atoms with Gasteiger partial charge in [0, 0.05) is 10.0 Å². The van der Waals surface area contributed by atoms with Crippen molar-refractivity contribution in [3.8, 4) is 5.75 Å². The molecule has 1 aliphatic heterocycles. The fourth-order valence-electron chi connectivity index (χ4n) is 1.53. The van der Waals surface area contributed by atoms with Crippen molar-refractivity contribution >= 4 is 15.9 Å². The van der Waals surface area contributed by atoms with Crippen LogP contribution in [0.3, 0.4) is 0 Å². The summed E-state index contributed by atoms with van der Waals surface area (Å²) in [6, 6.07) is 5.75. The van der Waals surface area contributed by atoms with E-state index in [2.05, 4.69) is 15.9 Å². The standard InChI is InChI=1S/C10H11BrO2/c11-7-3-4-10-8(6-7)9(12)2-1-5-13-10/h3-4,6,9,12H,1-2,5H2/t9-/m1/s1. The fourth-order valence-corrected chi connectivity index (χ4v) is 1.90. The maximum absolute atomic E-state index is 9.76. The van der Waals surface area contributed by atoms with Crippen LogP contribution < -0.4 is 4.74 Å². The maximum atomic E-state index is 9.76. The lowest BCUT2D eigenvalue weighted by Crippen LogP contribution is -1.95. The first-order valence-electron chi connectivity index (χ1n) is 4.37. The predicted molar refractivity (Wildman–Crippen MR) is 53.8 cm³/mol. The van der Waals surface area contributed by atoms with Gasteiger partial charge in [-0.2, -0.15) is 0 Å². The highest BCUT2D eigenvalue weighted by atomic mass is 79.9. The van der Waals surface area contributed by atoms with E-state index in [1.165, 1.54) is 0 Å². The van der Waals surface area contributed by atoms with Gasteiger partial charge >= 0.3 is 0 Å². The Hall–Kier alpha value is -0.540. The molecular formula is C10H11BrO2. The summed E-state index contributed by atoms with van der Waals surface area (Å²) in [6.45, 7) is 0.700. The largest absolute Gasteiger partial charge is 0.493 e. The molecule has 1 aromatic carbocycles. The van der Waals surface area contributed by atoms with Crippen molar-refractivity contribution in [2.24, 2.45) is 0 Å². The zero-order valence-corrected chi connectivity index (χ0v) is 8.75. The minimum atomic E-state index is -0.380. The van der Waals surface area contributed by atoms with Crippen LogP contribution >= 0.6 is 15.9 Å². The van der Waals surface area contributed by atoms with Crippen molar-refractivity contribution in [2.75, 3.05) is 6.61 Å². The van der Waals surface area contributed by atoms with Crippen LogP contribution in [-0.4, -0.2) is 11.7 Å². The van der Waals surface area contributed by atoms with Gasteiger partial charge in [0.2, 0.25) is 0 Å². The summed E-state index contributed by atoms with van der Waals surface area (Å²) in [7, 11) is 0. The summed E-state index contributed by atoms with van der Waals surface area (Å²) in [4.78, 5) is 0. The van der Waals surface area contributed by atoms with Crippen molar-refractivity contribution in [1.82, 2.24) is 0 Å². The van der Waals surface area contributed by atoms with Crippen molar-refractivity contribution in [1.29, 1.82) is 0 Å².